The van der Waals surface area contributed by atoms with Gasteiger partial charge in [-0.3, -0.25) is 4.79 Å². The van der Waals surface area contributed by atoms with Crippen molar-refractivity contribution in [3.8, 4) is 0 Å². The lowest BCUT2D eigenvalue weighted by molar-refractivity contribution is -0.119. The summed E-state index contributed by atoms with van der Waals surface area (Å²) in [7, 11) is 1.76. The van der Waals surface area contributed by atoms with Crippen LogP contribution in [-0.2, 0) is 11.2 Å². The first-order valence-corrected chi connectivity index (χ1v) is 5.52. The molecule has 0 saturated carbocycles. The molecular formula is C12H17N3O. The van der Waals surface area contributed by atoms with Gasteiger partial charge < -0.3 is 16.0 Å². The predicted molar refractivity (Wildman–Crippen MR) is 64.4 cm³/mol. The number of nitrogens with two attached hydrogens (primary N) is 1. The highest BCUT2D eigenvalue weighted by molar-refractivity contribution is 5.80. The van der Waals surface area contributed by atoms with Crippen LogP contribution in [0.1, 0.15) is 5.56 Å². The number of primary amides is 1. The monoisotopic (exact) mass is 219 g/mol. The van der Waals surface area contributed by atoms with E-state index < -0.39 is 0 Å². The molecule has 16 heavy (non-hydrogen) atoms. The molecule has 1 aliphatic heterocycles. The molecule has 0 bridgehead atoms. The number of benzene rings is 1. The zero-order valence-corrected chi connectivity index (χ0v) is 9.44. The van der Waals surface area contributed by atoms with Gasteiger partial charge in [-0.2, -0.15) is 0 Å². The highest BCUT2D eigenvalue weighted by Crippen LogP contribution is 2.27. The molecule has 4 heteroatoms. The van der Waals surface area contributed by atoms with Crippen LogP contribution < -0.4 is 16.0 Å². The van der Waals surface area contributed by atoms with E-state index in [2.05, 4.69) is 22.3 Å². The lowest BCUT2D eigenvalue weighted by Crippen LogP contribution is -2.47. The number of amides is 1. The molecule has 1 heterocycles. The van der Waals surface area contributed by atoms with Gasteiger partial charge in [0.25, 0.3) is 0 Å². The Bertz CT molecular complexity index is 392. The summed E-state index contributed by atoms with van der Waals surface area (Å²) in [5.41, 5.74) is 7.89. The second-order valence-corrected chi connectivity index (χ2v) is 4.07. The molecule has 3 N–H and O–H groups in total. The van der Waals surface area contributed by atoms with Crippen LogP contribution in [0.25, 0.3) is 0 Å². The molecule has 0 saturated heterocycles. The first-order chi connectivity index (χ1) is 7.72. The van der Waals surface area contributed by atoms with Gasteiger partial charge in [-0.1, -0.05) is 18.2 Å². The van der Waals surface area contributed by atoms with E-state index in [0.29, 0.717) is 6.54 Å². The van der Waals surface area contributed by atoms with E-state index in [4.69, 9.17) is 5.73 Å². The fraction of sp³-hybridized carbons (Fsp3) is 0.417. The lowest BCUT2D eigenvalue weighted by Gasteiger charge is -2.23. The largest absolute Gasteiger partial charge is 0.369 e. The van der Waals surface area contributed by atoms with Crippen LogP contribution in [0.15, 0.2) is 24.3 Å². The summed E-state index contributed by atoms with van der Waals surface area (Å²) in [6.45, 7) is 1.60. The van der Waals surface area contributed by atoms with Crippen molar-refractivity contribution in [2.24, 2.45) is 5.73 Å². The van der Waals surface area contributed by atoms with Gasteiger partial charge in [0, 0.05) is 18.8 Å². The van der Waals surface area contributed by atoms with Gasteiger partial charge in [0.1, 0.15) is 6.04 Å². The average Bonchev–Trinajstić information content (AvgIpc) is 2.69. The molecular weight excluding hydrogens is 202 g/mol. The number of fused-ring (bicyclic) bond motifs is 1. The van der Waals surface area contributed by atoms with Gasteiger partial charge in [-0.25, -0.2) is 0 Å². The van der Waals surface area contributed by atoms with Crippen molar-refractivity contribution >= 4 is 11.6 Å². The zero-order chi connectivity index (χ0) is 11.5. The number of anilines is 1. The van der Waals surface area contributed by atoms with Crippen LogP contribution in [-0.4, -0.2) is 32.1 Å². The highest BCUT2D eigenvalue weighted by Gasteiger charge is 2.23. The van der Waals surface area contributed by atoms with Crippen LogP contribution in [0.5, 0.6) is 0 Å². The van der Waals surface area contributed by atoms with Crippen LogP contribution in [0, 0.1) is 0 Å². The summed E-state index contributed by atoms with van der Waals surface area (Å²) in [6, 6.07) is 8.01. The van der Waals surface area contributed by atoms with Gasteiger partial charge in [0.15, 0.2) is 0 Å². The fourth-order valence-electron chi connectivity index (χ4n) is 2.14. The van der Waals surface area contributed by atoms with E-state index in [-0.39, 0.29) is 11.9 Å². The van der Waals surface area contributed by atoms with Gasteiger partial charge in [0.2, 0.25) is 5.91 Å². The lowest BCUT2D eigenvalue weighted by atomic mass is 10.2. The summed E-state index contributed by atoms with van der Waals surface area (Å²) < 4.78 is 0. The molecule has 1 amide bonds. The maximum absolute atomic E-state index is 11.2. The van der Waals surface area contributed by atoms with E-state index in [1.54, 1.807) is 7.05 Å². The molecule has 2 rings (SSSR count). The molecule has 86 valence electrons. The minimum atomic E-state index is -0.299. The predicted octanol–water partition coefficient (Wildman–Crippen LogP) is 0.122. The Hall–Kier alpha value is -1.55. The van der Waals surface area contributed by atoms with E-state index in [0.717, 1.165) is 13.0 Å². The summed E-state index contributed by atoms with van der Waals surface area (Å²) in [5.74, 6) is -0.299. The van der Waals surface area contributed by atoms with Gasteiger partial charge in [0.05, 0.1) is 0 Å². The molecule has 0 radical (unpaired) electrons. The maximum atomic E-state index is 11.2. The molecule has 1 aromatic rings. The van der Waals surface area contributed by atoms with Gasteiger partial charge in [-0.15, -0.1) is 0 Å². The number of carbonyl (C=O) groups is 1. The standard InChI is InChI=1S/C12H17N3O/c1-14-10(12(13)16)8-15-7-6-9-4-2-3-5-11(9)15/h2-5,10,14H,6-8H2,1H3,(H2,13,16). The zero-order valence-electron chi connectivity index (χ0n) is 9.44. The minimum Gasteiger partial charge on any atom is -0.369 e. The number of carbonyl (C=O) groups excluding carboxylic acids is 1. The molecule has 1 aliphatic rings. The molecule has 0 aromatic heterocycles. The van der Waals surface area contributed by atoms with Crippen molar-refractivity contribution < 1.29 is 4.79 Å². The highest BCUT2D eigenvalue weighted by atomic mass is 16.1. The van der Waals surface area contributed by atoms with Crippen LogP contribution in [0.3, 0.4) is 0 Å². The average molecular weight is 219 g/mol. The van der Waals surface area contributed by atoms with Crippen LogP contribution in [0.2, 0.25) is 0 Å². The first-order valence-electron chi connectivity index (χ1n) is 5.52. The third-order valence-corrected chi connectivity index (χ3v) is 3.08. The number of nitrogens with zero attached hydrogens (tertiary/aromatic N) is 1. The number of hydrogen-bond donors (Lipinski definition) is 2. The molecule has 1 atom stereocenters. The molecule has 0 aliphatic carbocycles. The normalized spacial score (nSPS) is 15.9. The SMILES string of the molecule is CNC(CN1CCc2ccccc21)C(N)=O. The molecule has 1 aromatic carbocycles. The van der Waals surface area contributed by atoms with E-state index in [1.165, 1.54) is 11.3 Å². The Labute approximate surface area is 95.4 Å². The minimum absolute atomic E-state index is 0.286. The quantitative estimate of drug-likeness (QED) is 0.756. The Balaban J connectivity index is 2.11. The van der Waals surface area contributed by atoms with Crippen molar-refractivity contribution in [3.63, 3.8) is 0 Å². The second-order valence-electron chi connectivity index (χ2n) is 4.07. The Morgan fingerprint density at radius 2 is 2.31 bits per heavy atom. The van der Waals surface area contributed by atoms with E-state index in [1.807, 2.05) is 12.1 Å². The Morgan fingerprint density at radius 3 is 3.00 bits per heavy atom. The van der Waals surface area contributed by atoms with Crippen molar-refractivity contribution in [2.45, 2.75) is 12.5 Å². The maximum Gasteiger partial charge on any atom is 0.236 e. The van der Waals surface area contributed by atoms with Crippen LogP contribution >= 0.6 is 0 Å². The van der Waals surface area contributed by atoms with Crippen molar-refractivity contribution in [1.29, 1.82) is 0 Å². The molecule has 1 unspecified atom stereocenters. The Morgan fingerprint density at radius 1 is 1.56 bits per heavy atom. The number of para-hydroxylation sites is 1. The first kappa shape index (κ1) is 11.0. The van der Waals surface area contributed by atoms with Gasteiger partial charge in [-0.05, 0) is 25.1 Å². The van der Waals surface area contributed by atoms with Crippen molar-refractivity contribution in [1.82, 2.24) is 5.32 Å². The number of nitrogens with one attached hydrogen (secondary N) is 1. The fourth-order valence-corrected chi connectivity index (χ4v) is 2.14. The second kappa shape index (κ2) is 4.53. The smallest absolute Gasteiger partial charge is 0.236 e. The number of rotatable bonds is 4. The Kier molecular flexibility index (Phi) is 3.10. The number of hydrogen-bond acceptors (Lipinski definition) is 3. The molecule has 4 nitrogen and oxygen atoms in total. The molecule has 0 fully saturated rings. The van der Waals surface area contributed by atoms with E-state index >= 15 is 0 Å². The third-order valence-electron chi connectivity index (χ3n) is 3.08. The summed E-state index contributed by atoms with van der Waals surface area (Å²) in [4.78, 5) is 13.4. The van der Waals surface area contributed by atoms with Gasteiger partial charge >= 0.3 is 0 Å². The van der Waals surface area contributed by atoms with Crippen molar-refractivity contribution in [3.05, 3.63) is 29.8 Å². The third kappa shape index (κ3) is 2.02. The van der Waals surface area contributed by atoms with Crippen LogP contribution in [0.4, 0.5) is 5.69 Å². The summed E-state index contributed by atoms with van der Waals surface area (Å²) in [6.07, 6.45) is 1.05. The van der Waals surface area contributed by atoms with E-state index in [9.17, 15) is 4.79 Å². The number of likely N-dealkylation sites (N-methyl/N-ethyl adjacent to an activating group) is 1. The topological polar surface area (TPSA) is 58.4 Å². The van der Waals surface area contributed by atoms with Crippen molar-refractivity contribution in [2.75, 3.05) is 25.0 Å². The summed E-state index contributed by atoms with van der Waals surface area (Å²) >= 11 is 0. The summed E-state index contributed by atoms with van der Waals surface area (Å²) in [5, 5.41) is 2.94. The molecule has 0 spiro atoms.